The fourth-order valence-corrected chi connectivity index (χ4v) is 4.76. The van der Waals surface area contributed by atoms with E-state index < -0.39 is 0 Å². The van der Waals surface area contributed by atoms with Crippen molar-refractivity contribution in [3.63, 3.8) is 0 Å². The second kappa shape index (κ2) is 6.04. The second-order valence-electron chi connectivity index (χ2n) is 6.67. The van der Waals surface area contributed by atoms with Crippen LogP contribution in [0.4, 0.5) is 0 Å². The molecular formula is C17H21BrN4O2. The molecule has 5 rings (SSSR count). The quantitative estimate of drug-likeness (QED) is 0.869. The van der Waals surface area contributed by atoms with Crippen molar-refractivity contribution in [3.8, 4) is 5.75 Å². The highest BCUT2D eigenvalue weighted by molar-refractivity contribution is 9.10. The van der Waals surface area contributed by atoms with Crippen LogP contribution in [0.15, 0.2) is 16.6 Å². The van der Waals surface area contributed by atoms with E-state index in [4.69, 9.17) is 4.74 Å². The molecule has 1 N–H and O–H groups in total. The van der Waals surface area contributed by atoms with Crippen molar-refractivity contribution in [2.75, 3.05) is 26.7 Å². The first-order valence-corrected chi connectivity index (χ1v) is 9.10. The van der Waals surface area contributed by atoms with Gasteiger partial charge in [-0.3, -0.25) is 9.48 Å². The van der Waals surface area contributed by atoms with Gasteiger partial charge in [0.25, 0.3) is 5.91 Å². The summed E-state index contributed by atoms with van der Waals surface area (Å²) in [6, 6.07) is 4.00. The molecule has 24 heavy (non-hydrogen) atoms. The number of methoxy groups -OCH3 is 1. The Morgan fingerprint density at radius 2 is 2.12 bits per heavy atom. The van der Waals surface area contributed by atoms with Gasteiger partial charge in [0.05, 0.1) is 17.1 Å². The number of amides is 1. The summed E-state index contributed by atoms with van der Waals surface area (Å²) in [6.07, 6.45) is 2.35. The third kappa shape index (κ3) is 2.50. The summed E-state index contributed by atoms with van der Waals surface area (Å²) in [6.45, 7) is 3.28. The van der Waals surface area contributed by atoms with Crippen LogP contribution in [-0.4, -0.2) is 53.4 Å². The van der Waals surface area contributed by atoms with E-state index in [-0.39, 0.29) is 11.9 Å². The Kier molecular flexibility index (Phi) is 4.00. The molecule has 1 aromatic carbocycles. The zero-order valence-electron chi connectivity index (χ0n) is 13.9. The average molecular weight is 393 g/mol. The Morgan fingerprint density at radius 3 is 2.75 bits per heavy atom. The second-order valence-corrected chi connectivity index (χ2v) is 7.46. The highest BCUT2D eigenvalue weighted by Crippen LogP contribution is 2.34. The molecule has 0 saturated carbocycles. The molecule has 0 unspecified atom stereocenters. The molecule has 3 aliphatic rings. The van der Waals surface area contributed by atoms with Crippen LogP contribution in [0.3, 0.4) is 0 Å². The molecule has 2 aromatic rings. The number of ether oxygens (including phenoxy) is 1. The summed E-state index contributed by atoms with van der Waals surface area (Å²) in [5.74, 6) is 1.24. The Morgan fingerprint density at radius 1 is 1.38 bits per heavy atom. The largest absolute Gasteiger partial charge is 0.495 e. The normalized spacial score (nSPS) is 25.9. The van der Waals surface area contributed by atoms with Gasteiger partial charge in [0.2, 0.25) is 0 Å². The van der Waals surface area contributed by atoms with Crippen LogP contribution in [0, 0.1) is 5.92 Å². The monoisotopic (exact) mass is 392 g/mol. The summed E-state index contributed by atoms with van der Waals surface area (Å²) >= 11 is 3.56. The lowest BCUT2D eigenvalue weighted by Crippen LogP contribution is -2.57. The number of benzene rings is 1. The van der Waals surface area contributed by atoms with E-state index in [0.717, 1.165) is 40.8 Å². The number of rotatable bonds is 3. The predicted molar refractivity (Wildman–Crippen MR) is 95.4 cm³/mol. The van der Waals surface area contributed by atoms with E-state index >= 15 is 0 Å². The molecular weight excluding hydrogens is 372 g/mol. The van der Waals surface area contributed by atoms with Crippen LogP contribution in [-0.2, 0) is 7.05 Å². The van der Waals surface area contributed by atoms with Crippen molar-refractivity contribution in [2.45, 2.75) is 18.9 Å². The number of nitrogens with zero attached hydrogens (tertiary/aromatic N) is 3. The number of hydrogen-bond acceptors (Lipinski definition) is 4. The molecule has 3 aliphatic heterocycles. The van der Waals surface area contributed by atoms with Gasteiger partial charge in [-0.2, -0.15) is 5.10 Å². The van der Waals surface area contributed by atoms with Gasteiger partial charge in [-0.1, -0.05) is 0 Å². The Hall–Kier alpha value is -1.60. The number of hydrogen-bond donors (Lipinski definition) is 1. The molecule has 3 saturated heterocycles. The first kappa shape index (κ1) is 15.9. The van der Waals surface area contributed by atoms with Gasteiger partial charge in [-0.15, -0.1) is 0 Å². The van der Waals surface area contributed by atoms with Crippen molar-refractivity contribution in [2.24, 2.45) is 13.0 Å². The molecule has 1 atom stereocenters. The molecule has 0 aliphatic carbocycles. The Labute approximate surface area is 149 Å². The van der Waals surface area contributed by atoms with Gasteiger partial charge in [0.15, 0.2) is 5.69 Å². The summed E-state index contributed by atoms with van der Waals surface area (Å²) in [5.41, 5.74) is 1.35. The standard InChI is InChI=1S/C17H21BrN4O2/c1-21-16-11(3-4-13(24-2)14(16)18)15(20-21)17(23)19-12-9-22-7-5-10(12)6-8-22/h3-4,10,12H,5-9H2,1-2H3,(H,19,23)/t12-/m1/s1. The van der Waals surface area contributed by atoms with Gasteiger partial charge in [-0.25, -0.2) is 0 Å². The maximum Gasteiger partial charge on any atom is 0.272 e. The van der Waals surface area contributed by atoms with Gasteiger partial charge >= 0.3 is 0 Å². The van der Waals surface area contributed by atoms with Crippen molar-refractivity contribution < 1.29 is 9.53 Å². The van der Waals surface area contributed by atoms with Gasteiger partial charge in [0, 0.05) is 25.0 Å². The van der Waals surface area contributed by atoms with E-state index in [1.807, 2.05) is 19.2 Å². The molecule has 128 valence electrons. The third-order valence-corrected chi connectivity index (χ3v) is 6.08. The molecule has 0 spiro atoms. The lowest BCUT2D eigenvalue weighted by atomic mass is 9.84. The van der Waals surface area contributed by atoms with Crippen molar-refractivity contribution in [1.29, 1.82) is 0 Å². The zero-order valence-corrected chi connectivity index (χ0v) is 15.5. The van der Waals surface area contributed by atoms with Crippen molar-refractivity contribution in [3.05, 3.63) is 22.3 Å². The number of piperidine rings is 3. The molecule has 7 heteroatoms. The molecule has 1 amide bonds. The molecule has 1 aromatic heterocycles. The van der Waals surface area contributed by atoms with Gasteiger partial charge in [0.1, 0.15) is 5.75 Å². The van der Waals surface area contributed by atoms with Crippen molar-refractivity contribution >= 4 is 32.7 Å². The summed E-state index contributed by atoms with van der Waals surface area (Å²) < 4.78 is 7.89. The molecule has 2 bridgehead atoms. The highest BCUT2D eigenvalue weighted by atomic mass is 79.9. The van der Waals surface area contributed by atoms with E-state index in [0.29, 0.717) is 11.6 Å². The minimum Gasteiger partial charge on any atom is -0.495 e. The Balaban J connectivity index is 1.64. The summed E-state index contributed by atoms with van der Waals surface area (Å²) in [7, 11) is 3.47. The summed E-state index contributed by atoms with van der Waals surface area (Å²) in [4.78, 5) is 15.3. The number of aromatic nitrogens is 2. The summed E-state index contributed by atoms with van der Waals surface area (Å²) in [5, 5.41) is 8.51. The smallest absolute Gasteiger partial charge is 0.272 e. The SMILES string of the molecule is COc1ccc2c(C(=O)N[C@@H]3CN4CCC3CC4)nn(C)c2c1Br. The zero-order chi connectivity index (χ0) is 16.8. The van der Waals surface area contributed by atoms with Crippen LogP contribution in [0.25, 0.3) is 10.9 Å². The molecule has 0 radical (unpaired) electrons. The molecule has 4 heterocycles. The number of carbonyl (C=O) groups excluding carboxylic acids is 1. The minimum atomic E-state index is -0.0867. The Bertz CT molecular complexity index is 795. The lowest BCUT2D eigenvalue weighted by Gasteiger charge is -2.44. The van der Waals surface area contributed by atoms with Crippen LogP contribution in [0.1, 0.15) is 23.3 Å². The number of carbonyl (C=O) groups is 1. The average Bonchev–Trinajstić information content (AvgIpc) is 2.94. The maximum absolute atomic E-state index is 12.8. The minimum absolute atomic E-state index is 0.0867. The number of halogens is 1. The van der Waals surface area contributed by atoms with Crippen molar-refractivity contribution in [1.82, 2.24) is 20.0 Å². The van der Waals surface area contributed by atoms with Crippen LogP contribution >= 0.6 is 15.9 Å². The van der Waals surface area contributed by atoms with E-state index in [1.165, 1.54) is 12.8 Å². The van der Waals surface area contributed by atoms with E-state index in [9.17, 15) is 4.79 Å². The first-order valence-electron chi connectivity index (χ1n) is 8.31. The maximum atomic E-state index is 12.8. The number of fused-ring (bicyclic) bond motifs is 4. The molecule has 6 nitrogen and oxygen atoms in total. The van der Waals surface area contributed by atoms with E-state index in [1.54, 1.807) is 11.8 Å². The highest BCUT2D eigenvalue weighted by Gasteiger charge is 2.35. The van der Waals surface area contributed by atoms with Gasteiger partial charge in [-0.05, 0) is 59.9 Å². The fourth-order valence-electron chi connectivity index (χ4n) is 4.00. The lowest BCUT2D eigenvalue weighted by molar-refractivity contribution is 0.0618. The number of nitrogens with one attached hydrogen (secondary N) is 1. The van der Waals surface area contributed by atoms with Crippen LogP contribution in [0.5, 0.6) is 5.75 Å². The molecule has 3 fully saturated rings. The van der Waals surface area contributed by atoms with Crippen LogP contribution < -0.4 is 10.1 Å². The third-order valence-electron chi connectivity index (χ3n) is 5.32. The van der Waals surface area contributed by atoms with Crippen LogP contribution in [0.2, 0.25) is 0 Å². The topological polar surface area (TPSA) is 59.4 Å². The number of aryl methyl sites for hydroxylation is 1. The van der Waals surface area contributed by atoms with E-state index in [2.05, 4.69) is 31.2 Å². The first-order chi connectivity index (χ1) is 11.6. The fraction of sp³-hybridized carbons (Fsp3) is 0.529. The van der Waals surface area contributed by atoms with Gasteiger partial charge < -0.3 is 15.0 Å². The predicted octanol–water partition coefficient (Wildman–Crippen LogP) is 2.17.